The van der Waals surface area contributed by atoms with Crippen LogP contribution in [0, 0.1) is 0 Å². The predicted octanol–water partition coefficient (Wildman–Crippen LogP) is 1.69. The highest BCUT2D eigenvalue weighted by molar-refractivity contribution is 9.14. The van der Waals surface area contributed by atoms with Gasteiger partial charge in [0, 0.05) is 8.96 Å². The summed E-state index contributed by atoms with van der Waals surface area (Å²) < 4.78 is 7.08. The molecular formula is C7H6Br2O2. The van der Waals surface area contributed by atoms with Gasteiger partial charge in [-0.3, -0.25) is 0 Å². The van der Waals surface area contributed by atoms with E-state index >= 15 is 0 Å². The minimum absolute atomic E-state index is 0.00206. The van der Waals surface area contributed by atoms with Gasteiger partial charge >= 0.3 is 0 Å². The van der Waals surface area contributed by atoms with Crippen molar-refractivity contribution in [2.75, 3.05) is 0 Å². The van der Waals surface area contributed by atoms with Crippen LogP contribution < -0.4 is 0 Å². The van der Waals surface area contributed by atoms with Gasteiger partial charge in [-0.2, -0.15) is 0 Å². The molecule has 0 spiro atoms. The van der Waals surface area contributed by atoms with Crippen molar-refractivity contribution in [3.63, 3.8) is 0 Å². The molecule has 0 saturated heterocycles. The molecule has 0 radical (unpaired) electrons. The second kappa shape index (κ2) is 2.69. The smallest absolute Gasteiger partial charge is 0.116 e. The van der Waals surface area contributed by atoms with E-state index in [1.807, 2.05) is 12.2 Å². The van der Waals surface area contributed by atoms with Gasteiger partial charge in [0.1, 0.15) is 18.3 Å². The van der Waals surface area contributed by atoms with E-state index in [0.717, 1.165) is 8.96 Å². The normalized spacial score (nSPS) is 41.9. The lowest BCUT2D eigenvalue weighted by molar-refractivity contribution is -0.000837. The van der Waals surface area contributed by atoms with Crippen molar-refractivity contribution >= 4 is 31.9 Å². The van der Waals surface area contributed by atoms with E-state index in [0.29, 0.717) is 0 Å². The molecule has 0 aromatic carbocycles. The fraction of sp³-hybridized carbons (Fsp3) is 0.429. The maximum Gasteiger partial charge on any atom is 0.116 e. The predicted molar refractivity (Wildman–Crippen MR) is 48.7 cm³/mol. The molecule has 2 aliphatic heterocycles. The number of rotatable bonds is 0. The molecule has 0 unspecified atom stereocenters. The molecule has 3 atom stereocenters. The van der Waals surface area contributed by atoms with Crippen LogP contribution in [0.3, 0.4) is 0 Å². The van der Waals surface area contributed by atoms with Gasteiger partial charge in [-0.1, -0.05) is 44.0 Å². The zero-order chi connectivity index (χ0) is 8.01. The van der Waals surface area contributed by atoms with Crippen molar-refractivity contribution in [1.82, 2.24) is 0 Å². The molecular weight excluding hydrogens is 276 g/mol. The van der Waals surface area contributed by atoms with Crippen molar-refractivity contribution in [2.24, 2.45) is 0 Å². The van der Waals surface area contributed by atoms with E-state index < -0.39 is 6.10 Å². The largest absolute Gasteiger partial charge is 0.385 e. The van der Waals surface area contributed by atoms with Crippen LogP contribution in [-0.2, 0) is 4.74 Å². The SMILES string of the molecule is O[C@H]1C(Br)=C(Br)[C@H]2C=C[C@@H]1O2. The Morgan fingerprint density at radius 2 is 2.00 bits per heavy atom. The number of halogens is 2. The summed E-state index contributed by atoms with van der Waals surface area (Å²) in [7, 11) is 0. The summed E-state index contributed by atoms with van der Waals surface area (Å²) >= 11 is 6.65. The highest BCUT2D eigenvalue weighted by Crippen LogP contribution is 2.37. The van der Waals surface area contributed by atoms with Crippen LogP contribution in [0.1, 0.15) is 0 Å². The minimum atomic E-state index is -0.556. The van der Waals surface area contributed by atoms with Crippen molar-refractivity contribution < 1.29 is 9.84 Å². The Kier molecular flexibility index (Phi) is 1.95. The third-order valence-corrected chi connectivity index (χ3v) is 4.13. The first-order valence-corrected chi connectivity index (χ1v) is 4.85. The van der Waals surface area contributed by atoms with E-state index in [2.05, 4.69) is 31.9 Å². The topological polar surface area (TPSA) is 29.5 Å². The van der Waals surface area contributed by atoms with E-state index in [1.54, 1.807) is 0 Å². The number of fused-ring (bicyclic) bond motifs is 2. The minimum Gasteiger partial charge on any atom is -0.385 e. The molecule has 1 N–H and O–H groups in total. The van der Waals surface area contributed by atoms with E-state index in [1.165, 1.54) is 0 Å². The highest BCUT2D eigenvalue weighted by atomic mass is 79.9. The Balaban J connectivity index is 2.41. The maximum absolute atomic E-state index is 9.52. The van der Waals surface area contributed by atoms with Crippen LogP contribution in [0.15, 0.2) is 21.1 Å². The quantitative estimate of drug-likeness (QED) is 0.685. The van der Waals surface area contributed by atoms with Gasteiger partial charge in [-0.05, 0) is 0 Å². The monoisotopic (exact) mass is 280 g/mol. The lowest BCUT2D eigenvalue weighted by atomic mass is 10.2. The Hall–Kier alpha value is 0.360. The summed E-state index contributed by atoms with van der Waals surface area (Å²) in [5.41, 5.74) is 0. The highest BCUT2D eigenvalue weighted by Gasteiger charge is 2.36. The summed E-state index contributed by atoms with van der Waals surface area (Å²) in [5.74, 6) is 0. The average molecular weight is 282 g/mol. The van der Waals surface area contributed by atoms with E-state index in [-0.39, 0.29) is 12.2 Å². The molecule has 2 nitrogen and oxygen atoms in total. The summed E-state index contributed by atoms with van der Waals surface area (Å²) in [6, 6.07) is 0. The molecule has 0 aromatic heterocycles. The summed E-state index contributed by atoms with van der Waals surface area (Å²) in [4.78, 5) is 0. The van der Waals surface area contributed by atoms with Gasteiger partial charge in [-0.15, -0.1) is 0 Å². The molecule has 0 amide bonds. The maximum atomic E-state index is 9.52. The molecule has 0 fully saturated rings. The van der Waals surface area contributed by atoms with Crippen LogP contribution in [-0.4, -0.2) is 23.4 Å². The van der Waals surface area contributed by atoms with Crippen LogP contribution in [0.5, 0.6) is 0 Å². The van der Waals surface area contributed by atoms with Gasteiger partial charge in [0.25, 0.3) is 0 Å². The molecule has 0 aromatic rings. The lowest BCUT2D eigenvalue weighted by Gasteiger charge is -2.25. The van der Waals surface area contributed by atoms with E-state index in [4.69, 9.17) is 4.74 Å². The number of ether oxygens (including phenoxy) is 1. The first-order valence-electron chi connectivity index (χ1n) is 3.27. The Morgan fingerprint density at radius 3 is 2.73 bits per heavy atom. The van der Waals surface area contributed by atoms with Crippen LogP contribution in [0.25, 0.3) is 0 Å². The zero-order valence-electron chi connectivity index (χ0n) is 5.50. The molecule has 0 aliphatic carbocycles. The Bertz CT molecular complexity index is 247. The number of aliphatic hydroxyl groups is 1. The van der Waals surface area contributed by atoms with Gasteiger partial charge in [0.15, 0.2) is 0 Å². The molecule has 2 heterocycles. The third kappa shape index (κ3) is 1.13. The van der Waals surface area contributed by atoms with Crippen molar-refractivity contribution in [1.29, 1.82) is 0 Å². The van der Waals surface area contributed by atoms with Crippen molar-refractivity contribution in [3.05, 3.63) is 21.1 Å². The van der Waals surface area contributed by atoms with Gasteiger partial charge in [-0.25, -0.2) is 0 Å². The summed E-state index contributed by atoms with van der Waals surface area (Å²) in [6.07, 6.45) is 3.09. The van der Waals surface area contributed by atoms with Gasteiger partial charge in [0.05, 0.1) is 0 Å². The van der Waals surface area contributed by atoms with Crippen LogP contribution in [0.2, 0.25) is 0 Å². The molecule has 2 aliphatic rings. The molecule has 60 valence electrons. The van der Waals surface area contributed by atoms with Crippen molar-refractivity contribution in [3.8, 4) is 0 Å². The van der Waals surface area contributed by atoms with Crippen molar-refractivity contribution in [2.45, 2.75) is 18.3 Å². The number of aliphatic hydroxyl groups excluding tert-OH is 1. The molecule has 2 bridgehead atoms. The van der Waals surface area contributed by atoms with Crippen LogP contribution in [0.4, 0.5) is 0 Å². The second-order valence-electron chi connectivity index (χ2n) is 2.55. The molecule has 4 heteroatoms. The lowest BCUT2D eigenvalue weighted by Crippen LogP contribution is -2.32. The third-order valence-electron chi connectivity index (χ3n) is 1.83. The average Bonchev–Trinajstić information content (AvgIpc) is 2.44. The Labute approximate surface area is 81.2 Å². The first kappa shape index (κ1) is 7.98. The Morgan fingerprint density at radius 1 is 1.27 bits per heavy atom. The van der Waals surface area contributed by atoms with E-state index in [9.17, 15) is 5.11 Å². The van der Waals surface area contributed by atoms with Gasteiger partial charge < -0.3 is 9.84 Å². The first-order chi connectivity index (χ1) is 5.20. The fourth-order valence-electron chi connectivity index (χ4n) is 1.22. The molecule has 11 heavy (non-hydrogen) atoms. The molecule has 0 saturated carbocycles. The number of hydrogen-bond acceptors (Lipinski definition) is 2. The fourth-order valence-corrected chi connectivity index (χ4v) is 2.20. The summed E-state index contributed by atoms with van der Waals surface area (Å²) in [5, 5.41) is 9.52. The standard InChI is InChI=1S/C7H6Br2O2/c8-5-3-1-2-4(11-3)7(10)6(5)9/h1-4,7,10H/t3-,4+,7-/m1/s1. The molecule has 2 rings (SSSR count). The zero-order valence-corrected chi connectivity index (χ0v) is 8.67. The van der Waals surface area contributed by atoms with Gasteiger partial charge in [0.2, 0.25) is 0 Å². The second-order valence-corrected chi connectivity index (χ2v) is 4.26. The van der Waals surface area contributed by atoms with Crippen LogP contribution >= 0.6 is 31.9 Å². The summed E-state index contributed by atoms with van der Waals surface area (Å²) in [6.45, 7) is 0. The number of hydrogen-bond donors (Lipinski definition) is 1.